The van der Waals surface area contributed by atoms with E-state index in [0.717, 1.165) is 42.9 Å². The largest absolute Gasteiger partial charge is 0.356 e. The van der Waals surface area contributed by atoms with Crippen molar-refractivity contribution in [2.45, 2.75) is 57.4 Å². The van der Waals surface area contributed by atoms with Gasteiger partial charge in [0.2, 0.25) is 0 Å². The molecule has 0 saturated heterocycles. The van der Waals surface area contributed by atoms with E-state index >= 15 is 0 Å². The van der Waals surface area contributed by atoms with Crippen LogP contribution in [-0.2, 0) is 19.0 Å². The Morgan fingerprint density at radius 1 is 1.27 bits per heavy atom. The molecule has 1 aliphatic carbocycles. The van der Waals surface area contributed by atoms with Crippen LogP contribution in [0.15, 0.2) is 22.5 Å². The molecule has 30 heavy (non-hydrogen) atoms. The maximum atomic E-state index is 4.83. The monoisotopic (exact) mass is 562 g/mol. The van der Waals surface area contributed by atoms with Crippen molar-refractivity contribution in [3.8, 4) is 0 Å². The summed E-state index contributed by atoms with van der Waals surface area (Å²) in [7, 11) is 1.99. The number of thiophene rings is 1. The highest BCUT2D eigenvalue weighted by Gasteiger charge is 2.34. The first-order valence-electron chi connectivity index (χ1n) is 10.5. The molecule has 0 aromatic carbocycles. The average Bonchev–Trinajstić information content (AvgIpc) is 3.39. The molecule has 2 aromatic heterocycles. The zero-order chi connectivity index (χ0) is 20.5. The highest BCUT2D eigenvalue weighted by atomic mass is 127. The molecule has 3 rings (SSSR count). The second-order valence-electron chi connectivity index (χ2n) is 7.83. The summed E-state index contributed by atoms with van der Waals surface area (Å²) >= 11 is 3.78. The number of aromatic nitrogens is 3. The van der Waals surface area contributed by atoms with Crippen molar-refractivity contribution in [1.82, 2.24) is 25.4 Å². The SMILES string of the molecule is CSCCCNC(=NCc1nnc(C)n1C)NCC1(c2cccs2)CCCCC1.I. The second-order valence-corrected chi connectivity index (χ2v) is 9.77. The molecule has 0 aliphatic heterocycles. The third kappa shape index (κ3) is 6.85. The molecule has 1 saturated carbocycles. The number of hydrogen-bond donors (Lipinski definition) is 2. The number of nitrogens with zero attached hydrogens (tertiary/aromatic N) is 4. The molecule has 2 aromatic rings. The van der Waals surface area contributed by atoms with Gasteiger partial charge in [0.05, 0.1) is 0 Å². The number of guanidine groups is 1. The van der Waals surface area contributed by atoms with Gasteiger partial charge in [-0.25, -0.2) is 4.99 Å². The molecule has 0 radical (unpaired) electrons. The second kappa shape index (κ2) is 12.9. The van der Waals surface area contributed by atoms with Crippen LogP contribution in [0.1, 0.15) is 55.1 Å². The Morgan fingerprint density at radius 2 is 2.07 bits per heavy atom. The zero-order valence-electron chi connectivity index (χ0n) is 18.3. The Bertz CT molecular complexity index is 769. The summed E-state index contributed by atoms with van der Waals surface area (Å²) in [5.41, 5.74) is 0.232. The van der Waals surface area contributed by atoms with E-state index in [9.17, 15) is 0 Å². The van der Waals surface area contributed by atoms with Crippen LogP contribution < -0.4 is 10.6 Å². The van der Waals surface area contributed by atoms with Crippen molar-refractivity contribution in [1.29, 1.82) is 0 Å². The molecule has 0 spiro atoms. The lowest BCUT2D eigenvalue weighted by molar-refractivity contribution is 0.296. The minimum absolute atomic E-state index is 0. The van der Waals surface area contributed by atoms with Crippen LogP contribution in [0.5, 0.6) is 0 Å². The topological polar surface area (TPSA) is 67.1 Å². The van der Waals surface area contributed by atoms with E-state index in [4.69, 9.17) is 4.99 Å². The van der Waals surface area contributed by atoms with Crippen LogP contribution in [0.2, 0.25) is 0 Å². The fraction of sp³-hybridized carbons (Fsp3) is 0.667. The van der Waals surface area contributed by atoms with E-state index in [1.165, 1.54) is 37.0 Å². The number of halogens is 1. The molecule has 0 bridgehead atoms. The van der Waals surface area contributed by atoms with E-state index in [1.807, 2.05) is 41.6 Å². The summed E-state index contributed by atoms with van der Waals surface area (Å²) in [6, 6.07) is 4.49. The summed E-state index contributed by atoms with van der Waals surface area (Å²) in [6.07, 6.45) is 9.76. The Balaban J connectivity index is 0.00000320. The van der Waals surface area contributed by atoms with Gasteiger partial charge in [0.25, 0.3) is 0 Å². The molecule has 9 heteroatoms. The first-order valence-corrected chi connectivity index (χ1v) is 12.8. The highest BCUT2D eigenvalue weighted by Crippen LogP contribution is 2.41. The minimum atomic E-state index is 0. The van der Waals surface area contributed by atoms with Gasteiger partial charge in [0.1, 0.15) is 12.4 Å². The summed E-state index contributed by atoms with van der Waals surface area (Å²) < 4.78 is 2.00. The first kappa shape index (κ1) is 25.5. The van der Waals surface area contributed by atoms with Crippen LogP contribution in [-0.4, -0.2) is 45.8 Å². The smallest absolute Gasteiger partial charge is 0.191 e. The Kier molecular flexibility index (Phi) is 10.9. The van der Waals surface area contributed by atoms with Crippen LogP contribution in [0, 0.1) is 6.92 Å². The summed E-state index contributed by atoms with van der Waals surface area (Å²) in [5.74, 6) is 3.84. The van der Waals surface area contributed by atoms with Crippen molar-refractivity contribution in [3.63, 3.8) is 0 Å². The van der Waals surface area contributed by atoms with E-state index in [2.05, 4.69) is 44.6 Å². The van der Waals surface area contributed by atoms with Gasteiger partial charge < -0.3 is 15.2 Å². The molecule has 0 unspecified atom stereocenters. The highest BCUT2D eigenvalue weighted by molar-refractivity contribution is 14.0. The summed E-state index contributed by atoms with van der Waals surface area (Å²) in [6.45, 7) is 4.35. The number of hydrogen-bond acceptors (Lipinski definition) is 5. The molecule has 1 fully saturated rings. The summed E-state index contributed by atoms with van der Waals surface area (Å²) in [5, 5.41) is 17.8. The van der Waals surface area contributed by atoms with Gasteiger partial charge in [-0.2, -0.15) is 11.8 Å². The molecule has 2 heterocycles. The Labute approximate surface area is 206 Å². The lowest BCUT2D eigenvalue weighted by atomic mass is 9.73. The molecular weight excluding hydrogens is 527 g/mol. The maximum Gasteiger partial charge on any atom is 0.191 e. The Morgan fingerprint density at radius 3 is 2.70 bits per heavy atom. The fourth-order valence-electron chi connectivity index (χ4n) is 3.91. The zero-order valence-corrected chi connectivity index (χ0v) is 22.3. The number of rotatable bonds is 9. The predicted molar refractivity (Wildman–Crippen MR) is 140 cm³/mol. The van der Waals surface area contributed by atoms with Crippen LogP contribution in [0.25, 0.3) is 0 Å². The van der Waals surface area contributed by atoms with Gasteiger partial charge in [-0.1, -0.05) is 25.3 Å². The van der Waals surface area contributed by atoms with Gasteiger partial charge in [-0.3, -0.25) is 0 Å². The number of nitrogens with one attached hydrogen (secondary N) is 2. The van der Waals surface area contributed by atoms with Gasteiger partial charge >= 0.3 is 0 Å². The minimum Gasteiger partial charge on any atom is -0.356 e. The van der Waals surface area contributed by atoms with Crippen LogP contribution >= 0.6 is 47.1 Å². The van der Waals surface area contributed by atoms with Crippen molar-refractivity contribution in [3.05, 3.63) is 34.0 Å². The number of thioether (sulfide) groups is 1. The van der Waals surface area contributed by atoms with Gasteiger partial charge in [0.15, 0.2) is 11.8 Å². The lowest BCUT2D eigenvalue weighted by Crippen LogP contribution is -2.46. The van der Waals surface area contributed by atoms with Crippen LogP contribution in [0.4, 0.5) is 0 Å². The normalized spacial score (nSPS) is 16.2. The number of aliphatic imine (C=N–C) groups is 1. The van der Waals surface area contributed by atoms with E-state index in [-0.39, 0.29) is 29.4 Å². The van der Waals surface area contributed by atoms with Crippen molar-refractivity contribution in [2.24, 2.45) is 12.0 Å². The molecule has 0 amide bonds. The van der Waals surface area contributed by atoms with Gasteiger partial charge in [0, 0.05) is 30.4 Å². The fourth-order valence-corrected chi connectivity index (χ4v) is 5.33. The maximum absolute atomic E-state index is 4.83. The van der Waals surface area contributed by atoms with Crippen molar-refractivity contribution >= 4 is 53.0 Å². The molecule has 1 aliphatic rings. The third-order valence-corrected chi connectivity index (χ3v) is 7.64. The van der Waals surface area contributed by atoms with Gasteiger partial charge in [-0.15, -0.1) is 45.5 Å². The molecule has 168 valence electrons. The standard InChI is InChI=1S/C21H34N6S2.HI/c1-17-25-26-19(27(17)2)15-23-20(22-12-8-13-28-3)24-16-21(10-5-4-6-11-21)18-9-7-14-29-18;/h7,9,14H,4-6,8,10-13,15-16H2,1-3H3,(H2,22,23,24);1H. The van der Waals surface area contributed by atoms with Crippen molar-refractivity contribution < 1.29 is 0 Å². The van der Waals surface area contributed by atoms with Crippen LogP contribution in [0.3, 0.4) is 0 Å². The number of aryl methyl sites for hydroxylation is 1. The summed E-state index contributed by atoms with van der Waals surface area (Å²) in [4.78, 5) is 6.34. The predicted octanol–water partition coefficient (Wildman–Crippen LogP) is 4.49. The quantitative estimate of drug-likeness (QED) is 0.204. The molecule has 0 atom stereocenters. The van der Waals surface area contributed by atoms with E-state index < -0.39 is 0 Å². The molecular formula is C21H35IN6S2. The average molecular weight is 563 g/mol. The third-order valence-electron chi connectivity index (χ3n) is 5.83. The van der Waals surface area contributed by atoms with E-state index in [1.54, 1.807) is 0 Å². The molecule has 6 nitrogen and oxygen atoms in total. The molecule has 2 N–H and O–H groups in total. The Hall–Kier alpha value is -0.810. The lowest BCUT2D eigenvalue weighted by Gasteiger charge is -2.37. The van der Waals surface area contributed by atoms with Crippen molar-refractivity contribution in [2.75, 3.05) is 25.1 Å². The first-order chi connectivity index (χ1) is 14.1. The van der Waals surface area contributed by atoms with Gasteiger partial charge in [-0.05, 0) is 49.6 Å². The van der Waals surface area contributed by atoms with E-state index in [0.29, 0.717) is 6.54 Å².